The highest BCUT2D eigenvalue weighted by atomic mass is 16.6. The lowest BCUT2D eigenvalue weighted by atomic mass is 9.73. The lowest BCUT2D eigenvalue weighted by Gasteiger charge is -2.32. The van der Waals surface area contributed by atoms with Crippen LogP contribution in [0.4, 0.5) is 5.69 Å². The number of allylic oxidation sites excluding steroid dienone is 1. The zero-order valence-electron chi connectivity index (χ0n) is 13.0. The number of nitrogens with one attached hydrogen (secondary N) is 1. The molecule has 1 saturated carbocycles. The van der Waals surface area contributed by atoms with Gasteiger partial charge in [0.2, 0.25) is 5.91 Å². The van der Waals surface area contributed by atoms with Crippen LogP contribution in [0.5, 0.6) is 0 Å². The fourth-order valence-electron chi connectivity index (χ4n) is 2.72. The zero-order chi connectivity index (χ0) is 16.2. The van der Waals surface area contributed by atoms with Gasteiger partial charge >= 0.3 is 5.69 Å². The second-order valence-corrected chi connectivity index (χ2v) is 6.27. The van der Waals surface area contributed by atoms with Crippen LogP contribution in [0.1, 0.15) is 39.5 Å². The molecule has 120 valence electrons. The molecular formula is C15H22N4O3. The molecule has 1 fully saturated rings. The number of nitrogens with zero attached hydrogens (tertiary/aromatic N) is 3. The van der Waals surface area contributed by atoms with Crippen LogP contribution in [-0.4, -0.2) is 27.2 Å². The summed E-state index contributed by atoms with van der Waals surface area (Å²) < 4.78 is 1.45. The maximum atomic E-state index is 12.0. The highest BCUT2D eigenvalue weighted by Gasteiger charge is 2.26. The van der Waals surface area contributed by atoms with Crippen molar-refractivity contribution in [3.05, 3.63) is 34.2 Å². The molecule has 22 heavy (non-hydrogen) atoms. The fourth-order valence-corrected chi connectivity index (χ4v) is 2.72. The van der Waals surface area contributed by atoms with Crippen molar-refractivity contribution < 1.29 is 9.72 Å². The maximum absolute atomic E-state index is 12.0. The Morgan fingerprint density at radius 3 is 2.95 bits per heavy atom. The number of hydrogen-bond acceptors (Lipinski definition) is 4. The number of rotatable bonds is 5. The average molecular weight is 306 g/mol. The van der Waals surface area contributed by atoms with Crippen molar-refractivity contribution in [3.8, 4) is 0 Å². The summed E-state index contributed by atoms with van der Waals surface area (Å²) in [5.74, 6) is -0.105. The molecule has 1 aromatic heterocycles. The normalized spacial score (nSPS) is 19.1. The first-order valence-corrected chi connectivity index (χ1v) is 7.54. The number of amides is 1. The SMILES string of the molecule is CC1(C)CCCC/C1=C\C(=O)NCCn1cc([N+](=O)[O-])cn1. The summed E-state index contributed by atoms with van der Waals surface area (Å²) in [5, 5.41) is 17.2. The summed E-state index contributed by atoms with van der Waals surface area (Å²) >= 11 is 0. The van der Waals surface area contributed by atoms with Gasteiger partial charge in [-0.1, -0.05) is 25.8 Å². The molecule has 1 N–H and O–H groups in total. The van der Waals surface area contributed by atoms with E-state index in [4.69, 9.17) is 0 Å². The fraction of sp³-hybridized carbons (Fsp3) is 0.600. The van der Waals surface area contributed by atoms with Crippen LogP contribution in [0.2, 0.25) is 0 Å². The highest BCUT2D eigenvalue weighted by Crippen LogP contribution is 2.39. The van der Waals surface area contributed by atoms with Gasteiger partial charge in [0.25, 0.3) is 0 Å². The second-order valence-electron chi connectivity index (χ2n) is 6.27. The van der Waals surface area contributed by atoms with E-state index < -0.39 is 4.92 Å². The van der Waals surface area contributed by atoms with Gasteiger partial charge in [-0.05, 0) is 24.7 Å². The first-order chi connectivity index (χ1) is 10.4. The van der Waals surface area contributed by atoms with Gasteiger partial charge in [-0.2, -0.15) is 5.10 Å². The van der Waals surface area contributed by atoms with E-state index in [1.54, 1.807) is 6.08 Å². The van der Waals surface area contributed by atoms with Gasteiger partial charge in [0, 0.05) is 12.6 Å². The lowest BCUT2D eigenvalue weighted by Crippen LogP contribution is -2.28. The van der Waals surface area contributed by atoms with Gasteiger partial charge in [0.05, 0.1) is 11.5 Å². The van der Waals surface area contributed by atoms with Crippen molar-refractivity contribution in [2.75, 3.05) is 6.54 Å². The van der Waals surface area contributed by atoms with Crippen LogP contribution in [0.25, 0.3) is 0 Å². The van der Waals surface area contributed by atoms with E-state index in [1.807, 2.05) is 0 Å². The molecule has 0 bridgehead atoms. The molecule has 1 aromatic rings. The molecule has 0 atom stereocenters. The molecule has 0 aromatic carbocycles. The Hall–Kier alpha value is -2.18. The molecule has 2 rings (SSSR count). The first kappa shape index (κ1) is 16.2. The van der Waals surface area contributed by atoms with Gasteiger partial charge in [-0.25, -0.2) is 0 Å². The van der Waals surface area contributed by atoms with Crippen LogP contribution in [0.15, 0.2) is 24.0 Å². The summed E-state index contributed by atoms with van der Waals surface area (Å²) in [7, 11) is 0. The maximum Gasteiger partial charge on any atom is 0.306 e. The molecule has 0 spiro atoms. The van der Waals surface area contributed by atoms with E-state index in [9.17, 15) is 14.9 Å². The molecular weight excluding hydrogens is 284 g/mol. The van der Waals surface area contributed by atoms with Crippen LogP contribution < -0.4 is 5.32 Å². The standard InChI is InChI=1S/C15H22N4O3/c1-15(2)6-4-3-5-12(15)9-14(20)16-7-8-18-11-13(10-17-18)19(21)22/h9-11H,3-8H2,1-2H3,(H,16,20)/b12-9+. The van der Waals surface area contributed by atoms with Gasteiger partial charge in [-0.3, -0.25) is 19.6 Å². The third-order valence-electron chi connectivity index (χ3n) is 4.14. The van der Waals surface area contributed by atoms with E-state index in [1.165, 1.54) is 29.1 Å². The predicted molar refractivity (Wildman–Crippen MR) is 82.2 cm³/mol. The lowest BCUT2D eigenvalue weighted by molar-refractivity contribution is -0.385. The first-order valence-electron chi connectivity index (χ1n) is 7.54. The van der Waals surface area contributed by atoms with E-state index in [0.717, 1.165) is 19.3 Å². The third-order valence-corrected chi connectivity index (χ3v) is 4.14. The summed E-state index contributed by atoms with van der Waals surface area (Å²) in [6.45, 7) is 5.15. The molecule has 7 nitrogen and oxygen atoms in total. The Labute approximate surface area is 129 Å². The van der Waals surface area contributed by atoms with Crippen molar-refractivity contribution in [3.63, 3.8) is 0 Å². The van der Waals surface area contributed by atoms with E-state index >= 15 is 0 Å². The zero-order valence-corrected chi connectivity index (χ0v) is 13.0. The van der Waals surface area contributed by atoms with Crippen LogP contribution in [-0.2, 0) is 11.3 Å². The van der Waals surface area contributed by atoms with Crippen LogP contribution >= 0.6 is 0 Å². The van der Waals surface area contributed by atoms with Crippen molar-refractivity contribution in [1.82, 2.24) is 15.1 Å². The number of aromatic nitrogens is 2. The minimum atomic E-state index is -0.488. The van der Waals surface area contributed by atoms with Crippen LogP contribution in [0, 0.1) is 15.5 Å². The summed E-state index contributed by atoms with van der Waals surface area (Å²) in [6.07, 6.45) is 8.71. The van der Waals surface area contributed by atoms with Gasteiger partial charge < -0.3 is 5.32 Å². The van der Waals surface area contributed by atoms with E-state index in [2.05, 4.69) is 24.3 Å². The molecule has 7 heteroatoms. The Kier molecular flexibility index (Phi) is 4.95. The largest absolute Gasteiger partial charge is 0.351 e. The highest BCUT2D eigenvalue weighted by molar-refractivity contribution is 5.88. The van der Waals surface area contributed by atoms with Gasteiger partial charge in [0.15, 0.2) is 0 Å². The molecule has 0 saturated heterocycles. The number of nitro groups is 1. The van der Waals surface area contributed by atoms with Crippen LogP contribution in [0.3, 0.4) is 0 Å². The molecule has 0 unspecified atom stereocenters. The molecule has 0 radical (unpaired) electrons. The Morgan fingerprint density at radius 1 is 1.55 bits per heavy atom. The minimum Gasteiger partial charge on any atom is -0.351 e. The smallest absolute Gasteiger partial charge is 0.306 e. The Bertz CT molecular complexity index is 589. The number of hydrogen-bond donors (Lipinski definition) is 1. The molecule has 1 aliphatic rings. The average Bonchev–Trinajstić information content (AvgIpc) is 2.90. The number of carbonyl (C=O) groups is 1. The quantitative estimate of drug-likeness (QED) is 0.514. The minimum absolute atomic E-state index is 0.0441. The van der Waals surface area contributed by atoms with Crippen molar-refractivity contribution in [2.45, 2.75) is 46.1 Å². The Balaban J connectivity index is 1.83. The van der Waals surface area contributed by atoms with Crippen molar-refractivity contribution in [1.29, 1.82) is 0 Å². The van der Waals surface area contributed by atoms with E-state index in [-0.39, 0.29) is 17.0 Å². The number of carbonyl (C=O) groups excluding carboxylic acids is 1. The topological polar surface area (TPSA) is 90.1 Å². The molecule has 1 aliphatic carbocycles. The molecule has 1 amide bonds. The Morgan fingerprint density at radius 2 is 2.32 bits per heavy atom. The summed E-state index contributed by atoms with van der Waals surface area (Å²) in [5.41, 5.74) is 1.25. The van der Waals surface area contributed by atoms with Crippen molar-refractivity contribution >= 4 is 11.6 Å². The third kappa shape index (κ3) is 4.16. The van der Waals surface area contributed by atoms with Crippen molar-refractivity contribution in [2.24, 2.45) is 5.41 Å². The summed E-state index contributed by atoms with van der Waals surface area (Å²) in [4.78, 5) is 22.0. The predicted octanol–water partition coefficient (Wildman–Crippen LogP) is 2.43. The monoisotopic (exact) mass is 306 g/mol. The molecule has 1 heterocycles. The summed E-state index contributed by atoms with van der Waals surface area (Å²) in [6, 6.07) is 0. The molecule has 0 aliphatic heterocycles. The van der Waals surface area contributed by atoms with Gasteiger partial charge in [0.1, 0.15) is 12.4 Å². The second kappa shape index (κ2) is 6.72. The van der Waals surface area contributed by atoms with Gasteiger partial charge in [-0.15, -0.1) is 0 Å². The van der Waals surface area contributed by atoms with E-state index in [0.29, 0.717) is 13.1 Å².